The molecule has 3 nitrogen and oxygen atoms in total. The van der Waals surface area contributed by atoms with Crippen molar-refractivity contribution in [1.29, 1.82) is 0 Å². The van der Waals surface area contributed by atoms with Crippen molar-refractivity contribution in [3.05, 3.63) is 53.3 Å². The number of nitrogens with zero attached hydrogens (tertiary/aromatic N) is 3. The number of hydrogen-bond acceptors (Lipinski definition) is 2. The van der Waals surface area contributed by atoms with E-state index in [4.69, 9.17) is 0 Å². The minimum Gasteiger partial charge on any atom is -0.294 e. The Morgan fingerprint density at radius 2 is 2.06 bits per heavy atom. The molecule has 0 unspecified atom stereocenters. The Hall–Kier alpha value is -1.61. The maximum Gasteiger partial charge on any atom is 0.0534 e. The molecule has 0 fully saturated rings. The zero-order valence-corrected chi connectivity index (χ0v) is 10.1. The van der Waals surface area contributed by atoms with Crippen LogP contribution in [-0.4, -0.2) is 21.2 Å². The maximum absolute atomic E-state index is 4.22. The highest BCUT2D eigenvalue weighted by Crippen LogP contribution is 2.19. The fourth-order valence-corrected chi connectivity index (χ4v) is 2.50. The van der Waals surface area contributed by atoms with Gasteiger partial charge in [-0.3, -0.25) is 9.58 Å². The molecule has 0 saturated heterocycles. The van der Waals surface area contributed by atoms with Crippen molar-refractivity contribution in [1.82, 2.24) is 14.7 Å². The third-order valence-corrected chi connectivity index (χ3v) is 3.37. The van der Waals surface area contributed by atoms with E-state index in [0.717, 1.165) is 26.1 Å². The molecule has 1 aliphatic heterocycles. The van der Waals surface area contributed by atoms with Crippen LogP contribution in [0.2, 0.25) is 0 Å². The van der Waals surface area contributed by atoms with E-state index < -0.39 is 0 Å². The average Bonchev–Trinajstić information content (AvgIpc) is 2.75. The Morgan fingerprint density at radius 1 is 1.24 bits per heavy atom. The van der Waals surface area contributed by atoms with Crippen LogP contribution in [0.1, 0.15) is 16.7 Å². The zero-order chi connectivity index (χ0) is 11.7. The fraction of sp³-hybridized carbons (Fsp3) is 0.357. The van der Waals surface area contributed by atoms with E-state index in [-0.39, 0.29) is 0 Å². The van der Waals surface area contributed by atoms with Crippen LogP contribution in [0.3, 0.4) is 0 Å². The summed E-state index contributed by atoms with van der Waals surface area (Å²) >= 11 is 0. The molecule has 1 aromatic heterocycles. The lowest BCUT2D eigenvalue weighted by Crippen LogP contribution is -2.29. The Labute approximate surface area is 102 Å². The van der Waals surface area contributed by atoms with E-state index >= 15 is 0 Å². The Bertz CT molecular complexity index is 516. The second-order valence-corrected chi connectivity index (χ2v) is 4.75. The topological polar surface area (TPSA) is 21.1 Å². The van der Waals surface area contributed by atoms with Gasteiger partial charge in [-0.05, 0) is 17.5 Å². The first-order valence-electron chi connectivity index (χ1n) is 6.08. The van der Waals surface area contributed by atoms with Crippen LogP contribution in [0.25, 0.3) is 0 Å². The first kappa shape index (κ1) is 10.5. The molecule has 1 aromatic carbocycles. The molecular formula is C14H17N3. The molecule has 0 radical (unpaired) electrons. The van der Waals surface area contributed by atoms with Gasteiger partial charge in [-0.15, -0.1) is 0 Å². The lowest BCUT2D eigenvalue weighted by molar-refractivity contribution is 0.245. The molecule has 1 aliphatic rings. The molecule has 0 amide bonds. The molecule has 0 saturated carbocycles. The van der Waals surface area contributed by atoms with Gasteiger partial charge < -0.3 is 0 Å². The highest BCUT2D eigenvalue weighted by molar-refractivity contribution is 5.29. The van der Waals surface area contributed by atoms with Gasteiger partial charge in [-0.1, -0.05) is 24.3 Å². The monoisotopic (exact) mass is 227 g/mol. The molecule has 0 N–H and O–H groups in total. The van der Waals surface area contributed by atoms with Crippen LogP contribution in [0.4, 0.5) is 0 Å². The first-order chi connectivity index (χ1) is 8.31. The molecule has 88 valence electrons. The van der Waals surface area contributed by atoms with Crippen molar-refractivity contribution in [3.63, 3.8) is 0 Å². The normalized spacial score (nSPS) is 15.8. The highest BCUT2D eigenvalue weighted by Gasteiger charge is 2.15. The van der Waals surface area contributed by atoms with Crippen LogP contribution in [0.15, 0.2) is 36.7 Å². The van der Waals surface area contributed by atoms with E-state index in [9.17, 15) is 0 Å². The van der Waals surface area contributed by atoms with Gasteiger partial charge >= 0.3 is 0 Å². The third-order valence-electron chi connectivity index (χ3n) is 3.37. The first-order valence-corrected chi connectivity index (χ1v) is 6.08. The summed E-state index contributed by atoms with van der Waals surface area (Å²) in [5, 5.41) is 4.22. The van der Waals surface area contributed by atoms with Gasteiger partial charge in [0.1, 0.15) is 0 Å². The minimum atomic E-state index is 1.00. The van der Waals surface area contributed by atoms with Crippen LogP contribution in [0, 0.1) is 0 Å². The van der Waals surface area contributed by atoms with Crippen LogP contribution in [-0.2, 0) is 26.6 Å². The highest BCUT2D eigenvalue weighted by atomic mass is 15.2. The predicted octanol–water partition coefficient (Wildman–Crippen LogP) is 1.98. The van der Waals surface area contributed by atoms with Gasteiger partial charge in [0.25, 0.3) is 0 Å². The molecule has 3 rings (SSSR count). The lowest BCUT2D eigenvalue weighted by atomic mass is 10.00. The van der Waals surface area contributed by atoms with E-state index in [0.29, 0.717) is 0 Å². The van der Waals surface area contributed by atoms with Gasteiger partial charge in [0, 0.05) is 38.4 Å². The number of fused-ring (bicyclic) bond motifs is 1. The zero-order valence-electron chi connectivity index (χ0n) is 10.1. The molecule has 3 heteroatoms. The predicted molar refractivity (Wildman–Crippen MR) is 67.5 cm³/mol. The number of benzene rings is 1. The summed E-state index contributed by atoms with van der Waals surface area (Å²) in [6.07, 6.45) is 5.22. The van der Waals surface area contributed by atoms with Crippen LogP contribution >= 0.6 is 0 Å². The smallest absolute Gasteiger partial charge is 0.0534 e. The summed E-state index contributed by atoms with van der Waals surface area (Å²) in [6.45, 7) is 3.21. The summed E-state index contributed by atoms with van der Waals surface area (Å²) in [5.41, 5.74) is 4.28. The maximum atomic E-state index is 4.22. The number of aryl methyl sites for hydroxylation is 1. The van der Waals surface area contributed by atoms with E-state index in [2.05, 4.69) is 40.5 Å². The molecule has 17 heavy (non-hydrogen) atoms. The summed E-state index contributed by atoms with van der Waals surface area (Å²) in [5.74, 6) is 0. The standard InChI is InChI=1S/C14H17N3/c1-16-9-12(8-15-16)10-17-7-6-13-4-2-3-5-14(13)11-17/h2-5,8-9H,6-7,10-11H2,1H3. The number of hydrogen-bond donors (Lipinski definition) is 0. The molecule has 0 aliphatic carbocycles. The van der Waals surface area contributed by atoms with Crippen LogP contribution in [0.5, 0.6) is 0 Å². The van der Waals surface area contributed by atoms with Gasteiger partial charge in [0.15, 0.2) is 0 Å². The average molecular weight is 227 g/mol. The van der Waals surface area contributed by atoms with Gasteiger partial charge in [-0.25, -0.2) is 0 Å². The van der Waals surface area contributed by atoms with Crippen LogP contribution < -0.4 is 0 Å². The molecule has 2 aromatic rings. The van der Waals surface area contributed by atoms with E-state index in [1.54, 1.807) is 0 Å². The molecule has 0 bridgehead atoms. The second kappa shape index (κ2) is 4.34. The summed E-state index contributed by atoms with van der Waals surface area (Å²) in [6, 6.07) is 8.75. The molecule has 0 atom stereocenters. The molecule has 2 heterocycles. The largest absolute Gasteiger partial charge is 0.294 e. The van der Waals surface area contributed by atoms with Crippen molar-refractivity contribution < 1.29 is 0 Å². The lowest BCUT2D eigenvalue weighted by Gasteiger charge is -2.28. The number of aromatic nitrogens is 2. The fourth-order valence-electron chi connectivity index (χ4n) is 2.50. The van der Waals surface area contributed by atoms with Crippen molar-refractivity contribution in [2.45, 2.75) is 19.5 Å². The van der Waals surface area contributed by atoms with E-state index in [1.165, 1.54) is 16.7 Å². The van der Waals surface area contributed by atoms with Gasteiger partial charge in [0.2, 0.25) is 0 Å². The summed E-state index contributed by atoms with van der Waals surface area (Å²) in [4.78, 5) is 2.49. The third kappa shape index (κ3) is 2.24. The SMILES string of the molecule is Cn1cc(CN2CCc3ccccc3C2)cn1. The Kier molecular flexibility index (Phi) is 2.69. The molecular weight excluding hydrogens is 210 g/mol. The minimum absolute atomic E-state index is 1.00. The Morgan fingerprint density at radius 3 is 2.82 bits per heavy atom. The van der Waals surface area contributed by atoms with Crippen molar-refractivity contribution in [2.24, 2.45) is 7.05 Å². The summed E-state index contributed by atoms with van der Waals surface area (Å²) < 4.78 is 1.87. The van der Waals surface area contributed by atoms with Crippen molar-refractivity contribution in [3.8, 4) is 0 Å². The van der Waals surface area contributed by atoms with Crippen molar-refractivity contribution >= 4 is 0 Å². The van der Waals surface area contributed by atoms with Gasteiger partial charge in [-0.2, -0.15) is 5.10 Å². The quantitative estimate of drug-likeness (QED) is 0.782. The number of rotatable bonds is 2. The second-order valence-electron chi connectivity index (χ2n) is 4.75. The Balaban J connectivity index is 1.72. The van der Waals surface area contributed by atoms with E-state index in [1.807, 2.05) is 17.9 Å². The van der Waals surface area contributed by atoms with Crippen molar-refractivity contribution in [2.75, 3.05) is 6.54 Å². The van der Waals surface area contributed by atoms with Gasteiger partial charge in [0.05, 0.1) is 6.20 Å². The molecule has 0 spiro atoms. The summed E-state index contributed by atoms with van der Waals surface area (Å²) in [7, 11) is 1.97.